The first-order valence-electron chi connectivity index (χ1n) is 11.6. The Morgan fingerprint density at radius 2 is 1.52 bits per heavy atom. The van der Waals surface area contributed by atoms with E-state index in [0.717, 1.165) is 10.5 Å². The number of hydrogen-bond acceptors (Lipinski definition) is 5. The lowest BCUT2D eigenvalue weighted by Gasteiger charge is -2.53. The molecule has 2 heterocycles. The molecule has 180 valence electrons. The Bertz CT molecular complexity index is 940. The molecule has 0 spiro atoms. The molecule has 2 saturated heterocycles. The van der Waals surface area contributed by atoms with E-state index in [-0.39, 0.29) is 22.3 Å². The van der Waals surface area contributed by atoms with Gasteiger partial charge in [-0.3, -0.25) is 4.21 Å². The molecule has 2 aliphatic rings. The quantitative estimate of drug-likeness (QED) is 0.516. The molecule has 2 aromatic carbocycles. The van der Waals surface area contributed by atoms with Crippen LogP contribution in [-0.2, 0) is 35.7 Å². The Kier molecular flexibility index (Phi) is 7.02. The van der Waals surface area contributed by atoms with Crippen molar-refractivity contribution in [2.45, 2.75) is 86.9 Å². The van der Waals surface area contributed by atoms with Crippen molar-refractivity contribution >= 4 is 19.4 Å². The summed E-state index contributed by atoms with van der Waals surface area (Å²) in [5.74, 6) is 0. The Morgan fingerprint density at radius 3 is 2.09 bits per heavy atom. The Hall–Kier alpha value is -1.35. The van der Waals surface area contributed by atoms with Crippen molar-refractivity contribution in [1.29, 1.82) is 0 Å². The Morgan fingerprint density at radius 1 is 0.939 bits per heavy atom. The van der Waals surface area contributed by atoms with Crippen LogP contribution in [0.5, 0.6) is 0 Å². The highest BCUT2D eigenvalue weighted by Crippen LogP contribution is 2.55. The molecule has 33 heavy (non-hydrogen) atoms. The smallest absolute Gasteiger partial charge is 0.349 e. The summed E-state index contributed by atoms with van der Waals surface area (Å²) in [5, 5.41) is -0.312. The van der Waals surface area contributed by atoms with Crippen molar-refractivity contribution in [3.63, 3.8) is 0 Å². The molecule has 0 amide bonds. The fourth-order valence-electron chi connectivity index (χ4n) is 5.11. The fraction of sp³-hybridized carbons (Fsp3) is 0.538. The van der Waals surface area contributed by atoms with Crippen LogP contribution in [0.3, 0.4) is 0 Å². The summed E-state index contributed by atoms with van der Waals surface area (Å²) in [6.45, 7) is 14.0. The van der Waals surface area contributed by atoms with Gasteiger partial charge in [0.25, 0.3) is 0 Å². The van der Waals surface area contributed by atoms with Gasteiger partial charge < -0.3 is 18.3 Å². The first-order valence-corrected chi connectivity index (χ1v) is 14.6. The third-order valence-corrected chi connectivity index (χ3v) is 13.1. The van der Waals surface area contributed by atoms with Gasteiger partial charge in [0.1, 0.15) is 18.3 Å². The molecule has 4 rings (SSSR count). The SMILES string of the molecule is CC(C)(C)[Si]1(C(C)(C)C)OC[C@@H]2O[C@@H](S(=O)c3ccccc3)[C@H](OCc3ccccc3)[C@H]2O1. The van der Waals surface area contributed by atoms with Gasteiger partial charge in [-0.25, -0.2) is 0 Å². The van der Waals surface area contributed by atoms with Crippen LogP contribution < -0.4 is 0 Å². The molecular formula is C26H36O5SSi. The predicted molar refractivity (Wildman–Crippen MR) is 133 cm³/mol. The van der Waals surface area contributed by atoms with Gasteiger partial charge in [-0.15, -0.1) is 0 Å². The van der Waals surface area contributed by atoms with E-state index >= 15 is 0 Å². The van der Waals surface area contributed by atoms with Crippen LogP contribution in [0, 0.1) is 0 Å². The maximum atomic E-state index is 13.6. The minimum Gasteiger partial charge on any atom is -0.391 e. The molecule has 7 heteroatoms. The molecule has 5 nitrogen and oxygen atoms in total. The largest absolute Gasteiger partial charge is 0.391 e. The summed E-state index contributed by atoms with van der Waals surface area (Å²) in [6, 6.07) is 19.5. The van der Waals surface area contributed by atoms with Gasteiger partial charge in [0.05, 0.1) is 24.0 Å². The zero-order chi connectivity index (χ0) is 23.9. The summed E-state index contributed by atoms with van der Waals surface area (Å²) < 4.78 is 40.0. The molecule has 0 bridgehead atoms. The molecular weight excluding hydrogens is 452 g/mol. The first kappa shape index (κ1) is 24.8. The molecule has 0 radical (unpaired) electrons. The van der Waals surface area contributed by atoms with E-state index in [4.69, 9.17) is 18.3 Å². The third kappa shape index (κ3) is 4.77. The van der Waals surface area contributed by atoms with Crippen molar-refractivity contribution in [1.82, 2.24) is 0 Å². The molecule has 2 aliphatic heterocycles. The maximum absolute atomic E-state index is 13.6. The van der Waals surface area contributed by atoms with Gasteiger partial charge in [0, 0.05) is 15.0 Å². The Balaban J connectivity index is 1.67. The van der Waals surface area contributed by atoms with Crippen LogP contribution in [0.2, 0.25) is 10.1 Å². The summed E-state index contributed by atoms with van der Waals surface area (Å²) in [5.41, 5.74) is 0.437. The monoisotopic (exact) mass is 488 g/mol. The van der Waals surface area contributed by atoms with Gasteiger partial charge in [-0.2, -0.15) is 0 Å². The van der Waals surface area contributed by atoms with Crippen LogP contribution in [0.4, 0.5) is 0 Å². The van der Waals surface area contributed by atoms with Crippen molar-refractivity contribution in [3.8, 4) is 0 Å². The highest BCUT2D eigenvalue weighted by molar-refractivity contribution is 7.85. The molecule has 0 aliphatic carbocycles. The van der Waals surface area contributed by atoms with Crippen molar-refractivity contribution in [2.24, 2.45) is 0 Å². The molecule has 0 aromatic heterocycles. The Labute approximate surface area is 201 Å². The zero-order valence-electron chi connectivity index (χ0n) is 20.4. The van der Waals surface area contributed by atoms with E-state index in [1.807, 2.05) is 60.7 Å². The average molecular weight is 489 g/mol. The number of hydrogen-bond donors (Lipinski definition) is 0. The molecule has 1 unspecified atom stereocenters. The van der Waals surface area contributed by atoms with Gasteiger partial charge in [-0.05, 0) is 17.7 Å². The van der Waals surface area contributed by atoms with Crippen molar-refractivity contribution < 1.29 is 22.5 Å². The molecule has 0 N–H and O–H groups in total. The number of fused-ring (bicyclic) bond motifs is 1. The number of rotatable bonds is 5. The second kappa shape index (κ2) is 9.36. The van der Waals surface area contributed by atoms with Crippen molar-refractivity contribution in [3.05, 3.63) is 66.2 Å². The highest BCUT2D eigenvalue weighted by atomic mass is 32.2. The summed E-state index contributed by atoms with van der Waals surface area (Å²) in [7, 11) is -4.12. The first-order chi connectivity index (χ1) is 15.5. The standard InChI is InChI=1S/C26H36O5SSi/c1-25(2,3)33(26(4,5)6)29-18-21-22(31-33)23(28-17-19-13-9-7-10-14-19)24(30-21)32(27)20-15-11-8-12-16-20/h7-16,21-24H,17-18H2,1-6H3/t21-,22-,23+,24-,32?/m0/s1. The molecule has 2 fully saturated rings. The van der Waals surface area contributed by atoms with E-state index in [2.05, 4.69) is 41.5 Å². The van der Waals surface area contributed by atoms with Crippen LogP contribution in [-0.4, -0.2) is 43.1 Å². The van der Waals surface area contributed by atoms with Crippen LogP contribution in [0.25, 0.3) is 0 Å². The molecule has 2 aromatic rings. The summed E-state index contributed by atoms with van der Waals surface area (Å²) in [6.07, 6.45) is -1.10. The minimum absolute atomic E-state index is 0.156. The summed E-state index contributed by atoms with van der Waals surface area (Å²) >= 11 is 0. The van der Waals surface area contributed by atoms with Gasteiger partial charge in [0.15, 0.2) is 5.44 Å². The third-order valence-electron chi connectivity index (χ3n) is 6.47. The minimum atomic E-state index is -2.72. The predicted octanol–water partition coefficient (Wildman–Crippen LogP) is 5.56. The lowest BCUT2D eigenvalue weighted by molar-refractivity contribution is -0.0800. The van der Waals surface area contributed by atoms with E-state index in [1.165, 1.54) is 0 Å². The number of ether oxygens (including phenoxy) is 2. The normalized spacial score (nSPS) is 28.3. The summed E-state index contributed by atoms with van der Waals surface area (Å²) in [4.78, 5) is 0.727. The van der Waals surface area contributed by atoms with E-state index in [9.17, 15) is 4.21 Å². The van der Waals surface area contributed by atoms with Gasteiger partial charge in [0.2, 0.25) is 0 Å². The van der Waals surface area contributed by atoms with Crippen molar-refractivity contribution in [2.75, 3.05) is 6.61 Å². The number of benzene rings is 2. The highest BCUT2D eigenvalue weighted by Gasteiger charge is 2.65. The van der Waals surface area contributed by atoms with E-state index < -0.39 is 30.9 Å². The zero-order valence-corrected chi connectivity index (χ0v) is 22.3. The topological polar surface area (TPSA) is 54.0 Å². The maximum Gasteiger partial charge on any atom is 0.349 e. The second-order valence-electron chi connectivity index (χ2n) is 10.9. The lowest BCUT2D eigenvalue weighted by Crippen LogP contribution is -2.65. The van der Waals surface area contributed by atoms with Crippen LogP contribution >= 0.6 is 0 Å². The average Bonchev–Trinajstić information content (AvgIpc) is 3.14. The van der Waals surface area contributed by atoms with Crippen LogP contribution in [0.15, 0.2) is 65.6 Å². The van der Waals surface area contributed by atoms with Crippen LogP contribution in [0.1, 0.15) is 47.1 Å². The van der Waals surface area contributed by atoms with E-state index in [0.29, 0.717) is 13.2 Å². The van der Waals surface area contributed by atoms with Gasteiger partial charge >= 0.3 is 8.56 Å². The fourth-order valence-corrected chi connectivity index (χ4v) is 11.5. The molecule has 5 atom stereocenters. The van der Waals surface area contributed by atoms with Gasteiger partial charge in [-0.1, -0.05) is 90.1 Å². The molecule has 0 saturated carbocycles. The second-order valence-corrected chi connectivity index (χ2v) is 17.2. The van der Waals surface area contributed by atoms with E-state index in [1.54, 1.807) is 0 Å². The lowest BCUT2D eigenvalue weighted by atomic mass is 10.1.